The van der Waals surface area contributed by atoms with Crippen LogP contribution in [-0.2, 0) is 0 Å². The predicted molar refractivity (Wildman–Crippen MR) is 80.4 cm³/mol. The summed E-state index contributed by atoms with van der Waals surface area (Å²) < 4.78 is 0. The van der Waals surface area contributed by atoms with Gasteiger partial charge in [-0.15, -0.1) is 0 Å². The number of carbonyl (C=O) groups is 1. The first kappa shape index (κ1) is 13.5. The fourth-order valence-electron chi connectivity index (χ4n) is 4.11. The minimum atomic E-state index is -0.809. The highest BCUT2D eigenvalue weighted by Crippen LogP contribution is 2.44. The molecule has 0 bridgehead atoms. The lowest BCUT2D eigenvalue weighted by atomic mass is 9.87. The van der Waals surface area contributed by atoms with Crippen molar-refractivity contribution in [3.8, 4) is 0 Å². The summed E-state index contributed by atoms with van der Waals surface area (Å²) in [4.78, 5) is 13.9. The first-order valence-corrected chi connectivity index (χ1v) is 7.83. The SMILES string of the molecule is O=C(O)c1ccccc1N1CCCC12CCCCCC2. The van der Waals surface area contributed by atoms with Crippen LogP contribution < -0.4 is 4.90 Å². The number of benzene rings is 1. The number of aromatic carboxylic acids is 1. The number of carboxylic acid groups (broad SMARTS) is 1. The molecule has 2 aliphatic rings. The first-order chi connectivity index (χ1) is 9.73. The summed E-state index contributed by atoms with van der Waals surface area (Å²) in [6.45, 7) is 1.00. The molecule has 2 fully saturated rings. The Hall–Kier alpha value is -1.51. The third-order valence-electron chi connectivity index (χ3n) is 5.06. The number of rotatable bonds is 2. The van der Waals surface area contributed by atoms with Gasteiger partial charge in [-0.2, -0.15) is 0 Å². The van der Waals surface area contributed by atoms with E-state index >= 15 is 0 Å². The molecule has 3 nitrogen and oxygen atoms in total. The van der Waals surface area contributed by atoms with Gasteiger partial charge in [0.25, 0.3) is 0 Å². The van der Waals surface area contributed by atoms with Crippen molar-refractivity contribution >= 4 is 11.7 Å². The standard InChI is InChI=1S/C17H23NO2/c19-16(20)14-8-3-4-9-15(14)18-13-7-12-17(18)10-5-1-2-6-11-17/h3-4,8-9H,1-2,5-7,10-13H2,(H,19,20). The fraction of sp³-hybridized carbons (Fsp3) is 0.588. The second kappa shape index (κ2) is 5.47. The van der Waals surface area contributed by atoms with Crippen molar-refractivity contribution in [2.24, 2.45) is 0 Å². The molecular formula is C17H23NO2. The summed E-state index contributed by atoms with van der Waals surface area (Å²) in [6.07, 6.45) is 10.1. The minimum Gasteiger partial charge on any atom is -0.478 e. The van der Waals surface area contributed by atoms with Crippen molar-refractivity contribution in [1.82, 2.24) is 0 Å². The summed E-state index contributed by atoms with van der Waals surface area (Å²) in [5.74, 6) is -0.809. The molecule has 1 heterocycles. The van der Waals surface area contributed by atoms with Gasteiger partial charge in [-0.25, -0.2) is 4.79 Å². The van der Waals surface area contributed by atoms with Crippen molar-refractivity contribution in [2.75, 3.05) is 11.4 Å². The molecule has 108 valence electrons. The van der Waals surface area contributed by atoms with E-state index in [1.807, 2.05) is 18.2 Å². The molecule has 0 unspecified atom stereocenters. The molecule has 1 N–H and O–H groups in total. The van der Waals surface area contributed by atoms with Gasteiger partial charge in [0.05, 0.1) is 11.3 Å². The molecular weight excluding hydrogens is 250 g/mol. The highest BCUT2D eigenvalue weighted by molar-refractivity contribution is 5.94. The van der Waals surface area contributed by atoms with E-state index in [9.17, 15) is 9.90 Å². The maximum absolute atomic E-state index is 11.5. The lowest BCUT2D eigenvalue weighted by Gasteiger charge is -2.40. The van der Waals surface area contributed by atoms with Gasteiger partial charge < -0.3 is 10.0 Å². The molecule has 1 aliphatic carbocycles. The summed E-state index contributed by atoms with van der Waals surface area (Å²) in [5.41, 5.74) is 1.61. The summed E-state index contributed by atoms with van der Waals surface area (Å²) in [6, 6.07) is 7.51. The molecule has 1 saturated heterocycles. The van der Waals surface area contributed by atoms with Crippen LogP contribution in [0, 0.1) is 0 Å². The number of nitrogens with zero attached hydrogens (tertiary/aromatic N) is 1. The van der Waals surface area contributed by atoms with E-state index in [2.05, 4.69) is 4.90 Å². The zero-order chi connectivity index (χ0) is 14.0. The lowest BCUT2D eigenvalue weighted by molar-refractivity contribution is 0.0697. The Morgan fingerprint density at radius 3 is 2.35 bits per heavy atom. The largest absolute Gasteiger partial charge is 0.478 e. The third kappa shape index (κ3) is 2.30. The van der Waals surface area contributed by atoms with Crippen LogP contribution >= 0.6 is 0 Å². The van der Waals surface area contributed by atoms with Crippen LogP contribution in [0.25, 0.3) is 0 Å². The number of hydrogen-bond donors (Lipinski definition) is 1. The molecule has 0 amide bonds. The predicted octanol–water partition coefficient (Wildman–Crippen LogP) is 4.08. The Morgan fingerprint density at radius 2 is 1.65 bits per heavy atom. The number of anilines is 1. The molecule has 0 radical (unpaired) electrons. The fourth-order valence-corrected chi connectivity index (χ4v) is 4.11. The van der Waals surface area contributed by atoms with Gasteiger partial charge in [0.2, 0.25) is 0 Å². The molecule has 20 heavy (non-hydrogen) atoms. The Kier molecular flexibility index (Phi) is 3.68. The maximum atomic E-state index is 11.5. The van der Waals surface area contributed by atoms with Gasteiger partial charge in [-0.1, -0.05) is 37.8 Å². The summed E-state index contributed by atoms with van der Waals surface area (Å²) in [7, 11) is 0. The van der Waals surface area contributed by atoms with Gasteiger partial charge >= 0.3 is 5.97 Å². The van der Waals surface area contributed by atoms with Gasteiger partial charge in [-0.3, -0.25) is 0 Å². The Labute approximate surface area is 120 Å². The molecule has 0 atom stereocenters. The summed E-state index contributed by atoms with van der Waals surface area (Å²) >= 11 is 0. The molecule has 1 saturated carbocycles. The van der Waals surface area contributed by atoms with Crippen molar-refractivity contribution in [3.05, 3.63) is 29.8 Å². The van der Waals surface area contributed by atoms with Gasteiger partial charge in [0, 0.05) is 12.1 Å². The summed E-state index contributed by atoms with van der Waals surface area (Å²) in [5, 5.41) is 9.44. The lowest BCUT2D eigenvalue weighted by Crippen LogP contribution is -2.44. The second-order valence-corrected chi connectivity index (χ2v) is 6.22. The van der Waals surface area contributed by atoms with Crippen LogP contribution in [0.15, 0.2) is 24.3 Å². The second-order valence-electron chi connectivity index (χ2n) is 6.22. The van der Waals surface area contributed by atoms with Gasteiger partial charge in [0.1, 0.15) is 0 Å². The number of hydrogen-bond acceptors (Lipinski definition) is 2. The van der Waals surface area contributed by atoms with E-state index in [0.29, 0.717) is 5.56 Å². The highest BCUT2D eigenvalue weighted by Gasteiger charge is 2.41. The zero-order valence-electron chi connectivity index (χ0n) is 12.0. The van der Waals surface area contributed by atoms with Gasteiger partial charge in [0.15, 0.2) is 0 Å². The van der Waals surface area contributed by atoms with E-state index in [1.54, 1.807) is 6.07 Å². The quantitative estimate of drug-likeness (QED) is 0.882. The maximum Gasteiger partial charge on any atom is 0.337 e. The Balaban J connectivity index is 1.98. The number of carboxylic acids is 1. The van der Waals surface area contributed by atoms with E-state index in [1.165, 1.54) is 51.4 Å². The van der Waals surface area contributed by atoms with Crippen molar-refractivity contribution in [1.29, 1.82) is 0 Å². The van der Waals surface area contributed by atoms with Crippen molar-refractivity contribution in [2.45, 2.75) is 56.9 Å². The van der Waals surface area contributed by atoms with E-state index in [4.69, 9.17) is 0 Å². The number of para-hydroxylation sites is 1. The van der Waals surface area contributed by atoms with E-state index in [-0.39, 0.29) is 5.54 Å². The normalized spacial score (nSPS) is 21.9. The van der Waals surface area contributed by atoms with Crippen LogP contribution in [0.4, 0.5) is 5.69 Å². The van der Waals surface area contributed by atoms with Gasteiger partial charge in [-0.05, 0) is 37.8 Å². The van der Waals surface area contributed by atoms with Crippen molar-refractivity contribution < 1.29 is 9.90 Å². The average molecular weight is 273 g/mol. The van der Waals surface area contributed by atoms with Crippen LogP contribution in [-0.4, -0.2) is 23.2 Å². The van der Waals surface area contributed by atoms with Crippen LogP contribution in [0.3, 0.4) is 0 Å². The zero-order valence-corrected chi connectivity index (χ0v) is 12.0. The molecule has 1 aliphatic heterocycles. The topological polar surface area (TPSA) is 40.5 Å². The highest BCUT2D eigenvalue weighted by atomic mass is 16.4. The smallest absolute Gasteiger partial charge is 0.337 e. The van der Waals surface area contributed by atoms with Crippen LogP contribution in [0.5, 0.6) is 0 Å². The minimum absolute atomic E-state index is 0.224. The van der Waals surface area contributed by atoms with E-state index < -0.39 is 5.97 Å². The van der Waals surface area contributed by atoms with Crippen LogP contribution in [0.2, 0.25) is 0 Å². The monoisotopic (exact) mass is 273 g/mol. The van der Waals surface area contributed by atoms with Crippen LogP contribution in [0.1, 0.15) is 61.7 Å². The molecule has 0 aromatic heterocycles. The Morgan fingerprint density at radius 1 is 1.00 bits per heavy atom. The molecule has 3 rings (SSSR count). The van der Waals surface area contributed by atoms with E-state index in [0.717, 1.165) is 12.2 Å². The van der Waals surface area contributed by atoms with Crippen molar-refractivity contribution in [3.63, 3.8) is 0 Å². The molecule has 1 aromatic carbocycles. The third-order valence-corrected chi connectivity index (χ3v) is 5.06. The molecule has 1 spiro atoms. The first-order valence-electron chi connectivity index (χ1n) is 7.83. The molecule has 3 heteroatoms. The Bertz CT molecular complexity index is 490. The average Bonchev–Trinajstić information content (AvgIpc) is 2.70. The molecule has 1 aromatic rings.